The zero-order valence-corrected chi connectivity index (χ0v) is 12.4. The lowest BCUT2D eigenvalue weighted by Crippen LogP contribution is -2.56. The summed E-state index contributed by atoms with van der Waals surface area (Å²) in [5.74, 6) is 3.61. The fraction of sp³-hybridized carbons (Fsp3) is 0.941. The largest absolute Gasteiger partial charge is 0.368 e. The molecule has 0 radical (unpaired) electrons. The van der Waals surface area contributed by atoms with E-state index in [9.17, 15) is 4.79 Å². The van der Waals surface area contributed by atoms with Gasteiger partial charge in [-0.1, -0.05) is 12.8 Å². The van der Waals surface area contributed by atoms with Crippen molar-refractivity contribution >= 4 is 5.91 Å². The topological polar surface area (TPSA) is 38.3 Å². The molecule has 5 rings (SSSR count). The maximum atomic E-state index is 12.2. The molecule has 5 fully saturated rings. The molecule has 0 aromatic carbocycles. The lowest BCUT2D eigenvalue weighted by atomic mass is 9.54. The molecule has 112 valence electrons. The van der Waals surface area contributed by atoms with Crippen molar-refractivity contribution in [3.63, 3.8) is 0 Å². The Morgan fingerprint density at radius 1 is 0.950 bits per heavy atom. The van der Waals surface area contributed by atoms with Gasteiger partial charge >= 0.3 is 0 Å². The Morgan fingerprint density at radius 2 is 1.55 bits per heavy atom. The van der Waals surface area contributed by atoms with Crippen LogP contribution in [0.2, 0.25) is 0 Å². The van der Waals surface area contributed by atoms with Crippen LogP contribution in [0.4, 0.5) is 0 Å². The summed E-state index contributed by atoms with van der Waals surface area (Å²) in [6.07, 6.45) is 12.1. The Hall–Kier alpha value is -0.570. The summed E-state index contributed by atoms with van der Waals surface area (Å²) in [6.45, 7) is 0.285. The Kier molecular flexibility index (Phi) is 3.49. The highest BCUT2D eigenvalue weighted by atomic mass is 16.5. The molecule has 5 aliphatic rings. The number of carbonyl (C=O) groups is 1. The minimum absolute atomic E-state index is 0.134. The SMILES string of the molecule is O=C(COC1CCCC1)NC1C2CC3CC(C2)CC1C3. The van der Waals surface area contributed by atoms with Gasteiger partial charge < -0.3 is 10.1 Å². The van der Waals surface area contributed by atoms with Crippen LogP contribution < -0.4 is 5.32 Å². The van der Waals surface area contributed by atoms with Crippen molar-refractivity contribution in [2.45, 2.75) is 69.9 Å². The molecule has 0 aromatic rings. The van der Waals surface area contributed by atoms with E-state index in [0.717, 1.165) is 36.5 Å². The molecule has 4 bridgehead atoms. The monoisotopic (exact) mass is 277 g/mol. The first-order valence-electron chi connectivity index (χ1n) is 8.69. The molecule has 0 unspecified atom stereocenters. The van der Waals surface area contributed by atoms with Gasteiger partial charge in [0.05, 0.1) is 6.10 Å². The number of carbonyl (C=O) groups excluding carboxylic acids is 1. The van der Waals surface area contributed by atoms with E-state index in [1.807, 2.05) is 0 Å². The highest BCUT2D eigenvalue weighted by Crippen LogP contribution is 2.53. The van der Waals surface area contributed by atoms with E-state index in [-0.39, 0.29) is 12.5 Å². The summed E-state index contributed by atoms with van der Waals surface area (Å²) in [5, 5.41) is 3.32. The highest BCUT2D eigenvalue weighted by molar-refractivity contribution is 5.77. The van der Waals surface area contributed by atoms with Gasteiger partial charge in [-0.05, 0) is 68.6 Å². The average Bonchev–Trinajstić information content (AvgIpc) is 2.93. The summed E-state index contributed by atoms with van der Waals surface area (Å²) in [6, 6.07) is 0.461. The van der Waals surface area contributed by atoms with Gasteiger partial charge in [0, 0.05) is 6.04 Å². The van der Waals surface area contributed by atoms with Crippen molar-refractivity contribution in [3.05, 3.63) is 0 Å². The number of rotatable bonds is 4. The summed E-state index contributed by atoms with van der Waals surface area (Å²) in [5.41, 5.74) is 0. The predicted octanol–water partition coefficient (Wildman–Crippen LogP) is 2.89. The number of hydrogen-bond donors (Lipinski definition) is 1. The molecule has 5 saturated carbocycles. The maximum Gasteiger partial charge on any atom is 0.246 e. The van der Waals surface area contributed by atoms with Crippen LogP contribution in [-0.4, -0.2) is 24.7 Å². The highest BCUT2D eigenvalue weighted by Gasteiger charge is 2.48. The van der Waals surface area contributed by atoms with Crippen molar-refractivity contribution in [1.29, 1.82) is 0 Å². The van der Waals surface area contributed by atoms with Gasteiger partial charge in [0.1, 0.15) is 6.61 Å². The summed E-state index contributed by atoms with van der Waals surface area (Å²) in [7, 11) is 0. The van der Waals surface area contributed by atoms with E-state index >= 15 is 0 Å². The number of ether oxygens (including phenoxy) is 1. The van der Waals surface area contributed by atoms with Crippen molar-refractivity contribution in [1.82, 2.24) is 5.32 Å². The normalized spacial score (nSPS) is 43.1. The molecule has 5 aliphatic carbocycles. The smallest absolute Gasteiger partial charge is 0.246 e. The second kappa shape index (κ2) is 5.32. The van der Waals surface area contributed by atoms with E-state index in [4.69, 9.17) is 4.74 Å². The zero-order valence-electron chi connectivity index (χ0n) is 12.4. The van der Waals surface area contributed by atoms with Crippen LogP contribution >= 0.6 is 0 Å². The van der Waals surface area contributed by atoms with Crippen molar-refractivity contribution in [3.8, 4) is 0 Å². The molecule has 1 amide bonds. The number of hydrogen-bond acceptors (Lipinski definition) is 2. The maximum absolute atomic E-state index is 12.2. The summed E-state index contributed by atoms with van der Waals surface area (Å²) in [4.78, 5) is 12.2. The third kappa shape index (κ3) is 2.49. The van der Waals surface area contributed by atoms with Crippen LogP contribution in [0.15, 0.2) is 0 Å². The lowest BCUT2D eigenvalue weighted by molar-refractivity contribution is -0.131. The molecule has 0 aliphatic heterocycles. The Labute approximate surface area is 121 Å². The van der Waals surface area contributed by atoms with Crippen LogP contribution in [-0.2, 0) is 9.53 Å². The molecule has 20 heavy (non-hydrogen) atoms. The van der Waals surface area contributed by atoms with Gasteiger partial charge in [-0.25, -0.2) is 0 Å². The molecular weight excluding hydrogens is 250 g/mol. The fourth-order valence-corrected chi connectivity index (χ4v) is 5.64. The Morgan fingerprint density at radius 3 is 2.15 bits per heavy atom. The molecular formula is C17H27NO2. The Balaban J connectivity index is 1.29. The molecule has 0 atom stereocenters. The third-order valence-electron chi connectivity index (χ3n) is 6.31. The van der Waals surface area contributed by atoms with Crippen LogP contribution in [0.1, 0.15) is 57.8 Å². The van der Waals surface area contributed by atoms with E-state index in [1.54, 1.807) is 0 Å². The molecule has 0 spiro atoms. The molecule has 3 heteroatoms. The first-order chi connectivity index (χ1) is 9.78. The molecule has 3 nitrogen and oxygen atoms in total. The quantitative estimate of drug-likeness (QED) is 0.858. The minimum atomic E-state index is 0.134. The minimum Gasteiger partial charge on any atom is -0.368 e. The molecule has 0 heterocycles. The van der Waals surface area contributed by atoms with E-state index in [1.165, 1.54) is 44.9 Å². The first kappa shape index (κ1) is 13.1. The average molecular weight is 277 g/mol. The second-order valence-corrected chi connectivity index (χ2v) is 7.74. The van der Waals surface area contributed by atoms with Crippen LogP contribution in [0, 0.1) is 23.7 Å². The number of nitrogens with one attached hydrogen (secondary N) is 1. The number of amides is 1. The van der Waals surface area contributed by atoms with Gasteiger partial charge in [-0.2, -0.15) is 0 Å². The van der Waals surface area contributed by atoms with Crippen LogP contribution in [0.25, 0.3) is 0 Å². The van der Waals surface area contributed by atoms with E-state index < -0.39 is 0 Å². The van der Waals surface area contributed by atoms with Gasteiger partial charge in [-0.3, -0.25) is 4.79 Å². The van der Waals surface area contributed by atoms with Crippen molar-refractivity contribution in [2.75, 3.05) is 6.61 Å². The fourth-order valence-electron chi connectivity index (χ4n) is 5.64. The standard InChI is InChI=1S/C17H27NO2/c19-16(10-20-15-3-1-2-4-15)18-17-13-6-11-5-12(8-13)9-14(17)7-11/h11-15,17H,1-10H2,(H,18,19). The lowest BCUT2D eigenvalue weighted by Gasteiger charge is -2.54. The molecule has 0 saturated heterocycles. The van der Waals surface area contributed by atoms with Crippen LogP contribution in [0.3, 0.4) is 0 Å². The van der Waals surface area contributed by atoms with Gasteiger partial charge in [-0.15, -0.1) is 0 Å². The van der Waals surface area contributed by atoms with Crippen molar-refractivity contribution < 1.29 is 9.53 Å². The summed E-state index contributed by atoms with van der Waals surface area (Å²) >= 11 is 0. The zero-order chi connectivity index (χ0) is 13.5. The van der Waals surface area contributed by atoms with Gasteiger partial charge in [0.2, 0.25) is 5.91 Å². The second-order valence-electron chi connectivity index (χ2n) is 7.74. The third-order valence-corrected chi connectivity index (χ3v) is 6.31. The van der Waals surface area contributed by atoms with E-state index in [2.05, 4.69) is 5.32 Å². The van der Waals surface area contributed by atoms with Gasteiger partial charge in [0.25, 0.3) is 0 Å². The summed E-state index contributed by atoms with van der Waals surface area (Å²) < 4.78 is 5.75. The van der Waals surface area contributed by atoms with Crippen LogP contribution in [0.5, 0.6) is 0 Å². The van der Waals surface area contributed by atoms with Gasteiger partial charge in [0.15, 0.2) is 0 Å². The molecule has 1 N–H and O–H groups in total. The molecule has 0 aromatic heterocycles. The Bertz CT molecular complexity index is 347. The first-order valence-corrected chi connectivity index (χ1v) is 8.69. The van der Waals surface area contributed by atoms with Crippen molar-refractivity contribution in [2.24, 2.45) is 23.7 Å². The predicted molar refractivity (Wildman–Crippen MR) is 77.2 cm³/mol. The van der Waals surface area contributed by atoms with E-state index in [0.29, 0.717) is 12.1 Å².